The molecule has 0 spiro atoms. The molecule has 60 heavy (non-hydrogen) atoms. The van der Waals surface area contributed by atoms with E-state index in [0.717, 1.165) is 35.3 Å². The minimum Gasteiger partial charge on any atom is -0.497 e. The highest BCUT2D eigenvalue weighted by atomic mass is 28.4. The maximum Gasteiger partial charge on any atom is 0.261 e. The summed E-state index contributed by atoms with van der Waals surface area (Å²) >= 11 is 0. The van der Waals surface area contributed by atoms with Gasteiger partial charge in [-0.3, -0.25) is 4.79 Å². The first-order chi connectivity index (χ1) is 29.2. The van der Waals surface area contributed by atoms with Gasteiger partial charge in [-0.1, -0.05) is 161 Å². The molecule has 0 N–H and O–H groups in total. The lowest BCUT2D eigenvalue weighted by atomic mass is 9.92. The van der Waals surface area contributed by atoms with Crippen molar-refractivity contribution in [3.63, 3.8) is 0 Å². The summed E-state index contributed by atoms with van der Waals surface area (Å²) in [5, 5.41) is 2.41. The second kappa shape index (κ2) is 22.4. The Bertz CT molecular complexity index is 1930. The normalized spacial score (nSPS) is 18.4. The van der Waals surface area contributed by atoms with Gasteiger partial charge in [-0.15, -0.1) is 0 Å². The van der Waals surface area contributed by atoms with Crippen LogP contribution in [0.1, 0.15) is 76.5 Å². The first-order valence-electron chi connectivity index (χ1n) is 21.6. The second-order valence-corrected chi connectivity index (χ2v) is 21.4. The molecule has 1 aliphatic rings. The third-order valence-electron chi connectivity index (χ3n) is 11.7. The van der Waals surface area contributed by atoms with E-state index >= 15 is 0 Å². The molecule has 0 unspecified atom stereocenters. The average molecular weight is 829 g/mol. The fourth-order valence-corrected chi connectivity index (χ4v) is 13.0. The third kappa shape index (κ3) is 12.3. The number of carbonyl (C=O) groups excluding carboxylic acids is 1. The van der Waals surface area contributed by atoms with Crippen LogP contribution < -0.4 is 15.1 Å². The molecule has 0 amide bonds. The molecule has 1 heterocycles. The molecular formula is C52H64O7Si. The third-order valence-corrected chi connectivity index (χ3v) is 16.7. The first-order valence-corrected chi connectivity index (χ1v) is 23.5. The molecule has 5 aromatic rings. The van der Waals surface area contributed by atoms with Gasteiger partial charge in [-0.05, 0) is 75.8 Å². The number of carbonyl (C=O) groups is 1. The van der Waals surface area contributed by atoms with Gasteiger partial charge in [0.15, 0.2) is 5.78 Å². The smallest absolute Gasteiger partial charge is 0.261 e. The van der Waals surface area contributed by atoms with Crippen molar-refractivity contribution in [2.75, 3.05) is 20.3 Å². The molecule has 0 aliphatic carbocycles. The maximum atomic E-state index is 13.9. The molecule has 0 aromatic heterocycles. The predicted octanol–water partition coefficient (Wildman–Crippen LogP) is 9.88. The first kappa shape index (κ1) is 45.1. The van der Waals surface area contributed by atoms with E-state index < -0.39 is 20.5 Å². The summed E-state index contributed by atoms with van der Waals surface area (Å²) in [6, 6.07) is 49.8. The van der Waals surface area contributed by atoms with E-state index in [1.54, 1.807) is 7.11 Å². The van der Waals surface area contributed by atoms with E-state index in [9.17, 15) is 4.79 Å². The Balaban J connectivity index is 1.18. The molecule has 0 radical (unpaired) electrons. The van der Waals surface area contributed by atoms with E-state index in [1.807, 2.05) is 60.7 Å². The molecule has 6 rings (SSSR count). The average Bonchev–Trinajstić information content (AvgIpc) is 3.42. The Morgan fingerprint density at radius 2 is 1.27 bits per heavy atom. The summed E-state index contributed by atoms with van der Waals surface area (Å²) in [6.07, 6.45) is 1.62. The van der Waals surface area contributed by atoms with Crippen molar-refractivity contribution in [3.8, 4) is 5.75 Å². The monoisotopic (exact) mass is 828 g/mol. The largest absolute Gasteiger partial charge is 0.497 e. The highest BCUT2D eigenvalue weighted by Crippen LogP contribution is 2.37. The van der Waals surface area contributed by atoms with Gasteiger partial charge in [-0.25, -0.2) is 0 Å². The second-order valence-electron chi connectivity index (χ2n) is 17.1. The van der Waals surface area contributed by atoms with E-state index in [2.05, 4.69) is 113 Å². The molecule has 1 fully saturated rings. The zero-order valence-electron chi connectivity index (χ0n) is 36.2. The summed E-state index contributed by atoms with van der Waals surface area (Å²) < 4.78 is 39.0. The van der Waals surface area contributed by atoms with Crippen LogP contribution in [0.25, 0.3) is 0 Å². The van der Waals surface area contributed by atoms with Crippen molar-refractivity contribution < 1.29 is 32.9 Å². The number of ether oxygens (including phenoxy) is 5. The standard InChI is InChI=1S/C52H64O7Si/c1-40(35-50-47(53)32-33-49(57-37-42-21-12-7-13-22-42)51(59-50)39-55-36-41-19-10-6-11-20-41)48(56-38-43-28-30-44(54-5)31-29-43)27-18-34-58-60(52(2,3)4,45-23-14-8-15-24-45)46-25-16-9-17-26-46/h6-17,19-26,28-31,40,48-51H,18,27,32-39H2,1-5H3/t40-,48-,49-,50-,51+/m0/s1. The van der Waals surface area contributed by atoms with Crippen LogP contribution in [-0.4, -0.2) is 58.8 Å². The molecule has 5 aromatic carbocycles. The van der Waals surface area contributed by atoms with Gasteiger partial charge in [0.25, 0.3) is 8.32 Å². The molecule has 1 saturated heterocycles. The van der Waals surface area contributed by atoms with Gasteiger partial charge in [-0.2, -0.15) is 0 Å². The van der Waals surface area contributed by atoms with E-state index in [-0.39, 0.29) is 28.9 Å². The number of ketones is 1. The van der Waals surface area contributed by atoms with Gasteiger partial charge in [0.05, 0.1) is 45.7 Å². The minimum atomic E-state index is -2.70. The van der Waals surface area contributed by atoms with Crippen molar-refractivity contribution in [1.82, 2.24) is 0 Å². The van der Waals surface area contributed by atoms with Crippen LogP contribution >= 0.6 is 0 Å². The van der Waals surface area contributed by atoms with Crippen molar-refractivity contribution in [2.45, 2.75) is 109 Å². The zero-order chi connectivity index (χ0) is 42.2. The molecule has 1 aliphatic heterocycles. The highest BCUT2D eigenvalue weighted by molar-refractivity contribution is 6.99. The number of benzene rings is 5. The Morgan fingerprint density at radius 1 is 0.717 bits per heavy atom. The predicted molar refractivity (Wildman–Crippen MR) is 242 cm³/mol. The molecule has 5 atom stereocenters. The Kier molecular flexibility index (Phi) is 16.9. The Labute approximate surface area is 359 Å². The Morgan fingerprint density at radius 3 is 1.83 bits per heavy atom. The molecular weight excluding hydrogens is 765 g/mol. The van der Waals surface area contributed by atoms with E-state index in [4.69, 9.17) is 28.1 Å². The van der Waals surface area contributed by atoms with Crippen LogP contribution in [0.15, 0.2) is 146 Å². The van der Waals surface area contributed by atoms with Gasteiger partial charge in [0.2, 0.25) is 0 Å². The fraction of sp³-hybridized carbons (Fsp3) is 0.404. The van der Waals surface area contributed by atoms with Gasteiger partial charge < -0.3 is 28.1 Å². The van der Waals surface area contributed by atoms with Gasteiger partial charge in [0.1, 0.15) is 18.0 Å². The Hall–Kier alpha value is -4.41. The summed E-state index contributed by atoms with van der Waals surface area (Å²) in [7, 11) is -1.02. The number of rotatable bonds is 21. The lowest BCUT2D eigenvalue weighted by molar-refractivity contribution is -0.149. The number of Topliss-reactive ketones (excluding diaryl/α,β-unsaturated/α-hetero) is 1. The molecule has 318 valence electrons. The van der Waals surface area contributed by atoms with E-state index in [1.165, 1.54) is 10.4 Å². The number of methoxy groups -OCH3 is 1. The lowest BCUT2D eigenvalue weighted by Crippen LogP contribution is -2.66. The van der Waals surface area contributed by atoms with Crippen LogP contribution in [0.4, 0.5) is 0 Å². The summed E-state index contributed by atoms with van der Waals surface area (Å²) in [5.41, 5.74) is 3.23. The van der Waals surface area contributed by atoms with Crippen molar-refractivity contribution in [1.29, 1.82) is 0 Å². The fourth-order valence-electron chi connectivity index (χ4n) is 8.39. The molecule has 0 bridgehead atoms. The lowest BCUT2D eigenvalue weighted by Gasteiger charge is -2.43. The number of hydrogen-bond acceptors (Lipinski definition) is 7. The quantitative estimate of drug-likeness (QED) is 0.0539. The van der Waals surface area contributed by atoms with E-state index in [0.29, 0.717) is 52.3 Å². The van der Waals surface area contributed by atoms with Crippen molar-refractivity contribution in [2.24, 2.45) is 5.92 Å². The molecule has 8 heteroatoms. The summed E-state index contributed by atoms with van der Waals surface area (Å²) in [5.74, 6) is 0.920. The molecule has 0 saturated carbocycles. The van der Waals surface area contributed by atoms with Crippen molar-refractivity contribution >= 4 is 24.5 Å². The van der Waals surface area contributed by atoms with Crippen LogP contribution in [-0.2, 0) is 48.0 Å². The van der Waals surface area contributed by atoms with Crippen molar-refractivity contribution in [3.05, 3.63) is 162 Å². The van der Waals surface area contributed by atoms with Crippen LogP contribution in [0.3, 0.4) is 0 Å². The van der Waals surface area contributed by atoms with Gasteiger partial charge in [0, 0.05) is 13.0 Å². The SMILES string of the molecule is COc1ccc(CO[C@@H](CCCO[Si](c2ccccc2)(c2ccccc2)C(C)(C)C)[C@@H](C)C[C@@H]2O[C@H](COCc3ccccc3)[C@@H](OCc3ccccc3)CCC2=O)cc1. The van der Waals surface area contributed by atoms with Crippen LogP contribution in [0.5, 0.6) is 5.75 Å². The molecule has 7 nitrogen and oxygen atoms in total. The summed E-state index contributed by atoms with van der Waals surface area (Å²) in [4.78, 5) is 13.9. The zero-order valence-corrected chi connectivity index (χ0v) is 37.2. The minimum absolute atomic E-state index is 0.0118. The van der Waals surface area contributed by atoms with Gasteiger partial charge >= 0.3 is 0 Å². The van der Waals surface area contributed by atoms with Crippen LogP contribution in [0, 0.1) is 5.92 Å². The van der Waals surface area contributed by atoms with Crippen LogP contribution in [0.2, 0.25) is 5.04 Å². The highest BCUT2D eigenvalue weighted by Gasteiger charge is 2.50. The summed E-state index contributed by atoms with van der Waals surface area (Å²) in [6.45, 7) is 11.4. The maximum absolute atomic E-state index is 13.9. The number of hydrogen-bond donors (Lipinski definition) is 0. The topological polar surface area (TPSA) is 72.5 Å².